The fourth-order valence-corrected chi connectivity index (χ4v) is 8.02. The van der Waals surface area contributed by atoms with Gasteiger partial charge >= 0.3 is 0 Å². The Morgan fingerprint density at radius 1 is 1.33 bits per heavy atom. The average molecular weight is 505 g/mol. The highest BCUT2D eigenvalue weighted by Crippen LogP contribution is 2.65. The normalized spacial score (nSPS) is 29.1. The molecule has 186 valence electrons. The van der Waals surface area contributed by atoms with Crippen molar-refractivity contribution < 1.29 is 14.6 Å². The number of carbonyl (C=O) groups excluding carboxylic acids is 1. The Hall–Kier alpha value is -3.11. The molecule has 1 spiro atoms. The Morgan fingerprint density at radius 3 is 3.03 bits per heavy atom. The summed E-state index contributed by atoms with van der Waals surface area (Å²) in [5.74, 6) is 2.10. The van der Waals surface area contributed by atoms with Crippen molar-refractivity contribution in [2.75, 3.05) is 12.4 Å². The van der Waals surface area contributed by atoms with Crippen LogP contribution in [0.4, 0.5) is 11.5 Å². The third-order valence-corrected chi connectivity index (χ3v) is 9.73. The van der Waals surface area contributed by atoms with Crippen LogP contribution < -0.4 is 10.1 Å². The molecular weight excluding hydrogens is 476 g/mol. The van der Waals surface area contributed by atoms with E-state index in [0.717, 1.165) is 59.9 Å². The molecule has 0 saturated heterocycles. The summed E-state index contributed by atoms with van der Waals surface area (Å²) in [5.41, 5.74) is 2.46. The topological polar surface area (TPSA) is 126 Å². The summed E-state index contributed by atoms with van der Waals surface area (Å²) in [7, 11) is 1.59. The molecule has 9 nitrogen and oxygen atoms in total. The van der Waals surface area contributed by atoms with Gasteiger partial charge < -0.3 is 15.2 Å². The van der Waals surface area contributed by atoms with Crippen LogP contribution in [0.5, 0.6) is 5.88 Å². The number of nitrogens with one attached hydrogen (secondary N) is 2. The van der Waals surface area contributed by atoms with E-state index in [1.807, 2.05) is 6.07 Å². The number of fused-ring (bicyclic) bond motifs is 4. The van der Waals surface area contributed by atoms with Gasteiger partial charge in [0.1, 0.15) is 28.4 Å². The number of aromatic nitrogens is 5. The monoisotopic (exact) mass is 504 g/mol. The minimum Gasteiger partial charge on any atom is -0.479 e. The van der Waals surface area contributed by atoms with Gasteiger partial charge in [-0.15, -0.1) is 11.3 Å². The zero-order valence-corrected chi connectivity index (χ0v) is 21.1. The minimum absolute atomic E-state index is 0.0233. The van der Waals surface area contributed by atoms with Crippen LogP contribution >= 0.6 is 11.3 Å². The lowest BCUT2D eigenvalue weighted by molar-refractivity contribution is -0.125. The van der Waals surface area contributed by atoms with Gasteiger partial charge in [0.2, 0.25) is 5.88 Å². The number of nitrogens with zero attached hydrogens (tertiary/aromatic N) is 4. The molecule has 0 aliphatic heterocycles. The zero-order chi connectivity index (χ0) is 24.6. The van der Waals surface area contributed by atoms with E-state index in [4.69, 9.17) is 4.74 Å². The highest BCUT2D eigenvalue weighted by atomic mass is 32.1. The predicted molar refractivity (Wildman–Crippen MR) is 137 cm³/mol. The van der Waals surface area contributed by atoms with Crippen LogP contribution in [0.3, 0.4) is 0 Å². The van der Waals surface area contributed by atoms with E-state index < -0.39 is 0 Å². The van der Waals surface area contributed by atoms with Crippen molar-refractivity contribution in [2.24, 2.45) is 23.2 Å². The molecule has 10 heteroatoms. The van der Waals surface area contributed by atoms with Crippen molar-refractivity contribution in [3.8, 4) is 5.88 Å². The van der Waals surface area contributed by atoms with E-state index in [-0.39, 0.29) is 23.4 Å². The maximum Gasteiger partial charge on any atom is 0.239 e. The fourth-order valence-electron chi connectivity index (χ4n) is 6.75. The van der Waals surface area contributed by atoms with Gasteiger partial charge in [0.05, 0.1) is 24.8 Å². The number of pyridine rings is 1. The first-order chi connectivity index (χ1) is 17.5. The molecule has 7 rings (SSSR count). The second-order valence-corrected chi connectivity index (χ2v) is 11.9. The first kappa shape index (κ1) is 22.1. The highest BCUT2D eigenvalue weighted by Gasteiger charge is 2.65. The molecule has 0 bridgehead atoms. The Balaban J connectivity index is 1.17. The zero-order valence-electron chi connectivity index (χ0n) is 20.2. The van der Waals surface area contributed by atoms with E-state index in [0.29, 0.717) is 28.9 Å². The van der Waals surface area contributed by atoms with Gasteiger partial charge in [0.25, 0.3) is 0 Å². The van der Waals surface area contributed by atoms with Gasteiger partial charge in [-0.05, 0) is 56.1 Å². The Bertz CT molecular complexity index is 1510. The molecule has 4 heterocycles. The molecule has 3 aliphatic carbocycles. The molecule has 3 aliphatic rings. The van der Waals surface area contributed by atoms with E-state index >= 15 is 0 Å². The number of aliphatic hydroxyl groups excluding tert-OH is 1. The third kappa shape index (κ3) is 3.27. The average Bonchev–Trinajstić information content (AvgIpc) is 3.13. The number of H-pyrrole nitrogens is 1. The summed E-state index contributed by atoms with van der Waals surface area (Å²) >= 11 is 1.66. The first-order valence-corrected chi connectivity index (χ1v) is 13.4. The standard InChI is InChI=1S/C26H28N6O3S/c1-12-5-19(33)26(8-12)9-16(26)21(34)13-3-4-15-18(7-13)36-25-20(15)23(27-11-28-25)30-17-6-14-10-29-32-22(14)31-24(17)35-2/h6,10-13,16,19,33H,3-5,7-9H2,1-2H3,(H,27,28,30)(H,29,31,32). The Labute approximate surface area is 211 Å². The molecule has 2 fully saturated rings. The molecule has 36 heavy (non-hydrogen) atoms. The maximum absolute atomic E-state index is 13.5. The second kappa shape index (κ2) is 7.94. The number of hydrogen-bond acceptors (Lipinski definition) is 9. The number of rotatable bonds is 5. The quantitative estimate of drug-likeness (QED) is 0.369. The van der Waals surface area contributed by atoms with Crippen LogP contribution in [0, 0.1) is 23.2 Å². The molecular formula is C26H28N6O3S. The number of hydrogen-bond donors (Lipinski definition) is 3. The molecule has 0 amide bonds. The summed E-state index contributed by atoms with van der Waals surface area (Å²) in [6.07, 6.45) is 8.06. The molecule has 0 radical (unpaired) electrons. The lowest BCUT2D eigenvalue weighted by Crippen LogP contribution is -2.27. The Morgan fingerprint density at radius 2 is 2.22 bits per heavy atom. The van der Waals surface area contributed by atoms with Crippen molar-refractivity contribution in [3.63, 3.8) is 0 Å². The summed E-state index contributed by atoms with van der Waals surface area (Å²) in [4.78, 5) is 29.2. The van der Waals surface area contributed by atoms with Crippen molar-refractivity contribution in [3.05, 3.63) is 29.0 Å². The highest BCUT2D eigenvalue weighted by molar-refractivity contribution is 7.19. The van der Waals surface area contributed by atoms with E-state index in [2.05, 4.69) is 37.4 Å². The number of aliphatic hydroxyl groups is 1. The van der Waals surface area contributed by atoms with Crippen LogP contribution in [-0.4, -0.2) is 49.3 Å². The summed E-state index contributed by atoms with van der Waals surface area (Å²) in [6, 6.07) is 1.94. The lowest BCUT2D eigenvalue weighted by Gasteiger charge is -2.23. The summed E-state index contributed by atoms with van der Waals surface area (Å²) in [6.45, 7) is 2.19. The SMILES string of the molecule is COc1nc2[nH]ncc2cc1Nc1ncnc2sc3c(c12)CCC(C(=O)C1CC12CC(C)CC2O)C3. The first-order valence-electron chi connectivity index (χ1n) is 12.6. The van der Waals surface area contributed by atoms with E-state index in [1.165, 1.54) is 10.4 Å². The number of methoxy groups -OCH3 is 1. The lowest BCUT2D eigenvalue weighted by atomic mass is 9.82. The molecule has 0 aromatic carbocycles. The van der Waals surface area contributed by atoms with Crippen molar-refractivity contribution >= 4 is 49.9 Å². The molecule has 3 N–H and O–H groups in total. The van der Waals surface area contributed by atoms with E-state index in [9.17, 15) is 9.90 Å². The number of aryl methyl sites for hydroxylation is 1. The van der Waals surface area contributed by atoms with E-state index in [1.54, 1.807) is 31.0 Å². The third-order valence-electron chi connectivity index (χ3n) is 8.56. The van der Waals surface area contributed by atoms with Crippen LogP contribution in [0.2, 0.25) is 0 Å². The molecule has 5 atom stereocenters. The van der Waals surface area contributed by atoms with Gasteiger partial charge in [-0.3, -0.25) is 9.89 Å². The van der Waals surface area contributed by atoms with Crippen molar-refractivity contribution in [1.29, 1.82) is 0 Å². The fraction of sp³-hybridized carbons (Fsp3) is 0.500. The smallest absolute Gasteiger partial charge is 0.239 e. The van der Waals surface area contributed by atoms with Crippen LogP contribution in [0.15, 0.2) is 18.6 Å². The van der Waals surface area contributed by atoms with Gasteiger partial charge in [-0.2, -0.15) is 10.1 Å². The largest absolute Gasteiger partial charge is 0.479 e. The van der Waals surface area contributed by atoms with Gasteiger partial charge in [0, 0.05) is 27.5 Å². The molecule has 4 aromatic heterocycles. The molecule has 4 aromatic rings. The number of anilines is 2. The number of aromatic amines is 1. The van der Waals surface area contributed by atoms with Gasteiger partial charge in [0.15, 0.2) is 5.65 Å². The number of ketones is 1. The predicted octanol–water partition coefficient (Wildman–Crippen LogP) is 4.19. The number of Topliss-reactive ketones (excluding diaryl/α,β-unsaturated/α-hetero) is 1. The summed E-state index contributed by atoms with van der Waals surface area (Å²) in [5, 5.41) is 22.8. The van der Waals surface area contributed by atoms with Gasteiger partial charge in [-0.1, -0.05) is 6.92 Å². The minimum atomic E-state index is -0.318. The Kier molecular flexibility index (Phi) is 4.88. The van der Waals surface area contributed by atoms with Crippen LogP contribution in [0.25, 0.3) is 21.3 Å². The number of ether oxygens (including phenoxy) is 1. The van der Waals surface area contributed by atoms with Crippen LogP contribution in [0.1, 0.15) is 43.0 Å². The molecule has 2 saturated carbocycles. The number of carbonyl (C=O) groups is 1. The van der Waals surface area contributed by atoms with Crippen molar-refractivity contribution in [2.45, 2.75) is 51.6 Å². The number of thiophene rings is 1. The maximum atomic E-state index is 13.5. The molecule has 5 unspecified atom stereocenters. The van der Waals surface area contributed by atoms with Crippen molar-refractivity contribution in [1.82, 2.24) is 25.1 Å². The van der Waals surface area contributed by atoms with Gasteiger partial charge in [-0.25, -0.2) is 9.97 Å². The second-order valence-electron chi connectivity index (χ2n) is 10.8. The summed E-state index contributed by atoms with van der Waals surface area (Å²) < 4.78 is 5.51. The van der Waals surface area contributed by atoms with Crippen LogP contribution in [-0.2, 0) is 17.6 Å².